The number of hydrogen-bond donors (Lipinski definition) is 3. The van der Waals surface area contributed by atoms with Crippen LogP contribution >= 0.6 is 0 Å². The van der Waals surface area contributed by atoms with Crippen molar-refractivity contribution in [3.8, 4) is 0 Å². The zero-order valence-corrected chi connectivity index (χ0v) is 11.5. The lowest BCUT2D eigenvalue weighted by molar-refractivity contribution is 0.0713. The Morgan fingerprint density at radius 2 is 2.40 bits per heavy atom. The lowest BCUT2D eigenvalue weighted by atomic mass is 10.1. The van der Waals surface area contributed by atoms with Crippen LogP contribution in [0, 0.1) is 0 Å². The van der Waals surface area contributed by atoms with Crippen molar-refractivity contribution in [3.05, 3.63) is 30.0 Å². The molecule has 2 aromatic rings. The molecule has 2 atom stereocenters. The lowest BCUT2D eigenvalue weighted by Crippen LogP contribution is -2.40. The van der Waals surface area contributed by atoms with Gasteiger partial charge >= 0.3 is 0 Å². The molecule has 1 aliphatic rings. The number of fused-ring (bicyclic) bond motifs is 1. The molecule has 0 aliphatic carbocycles. The molecule has 1 aromatic heterocycles. The fraction of sp³-hybridized carbons (Fsp3) is 0.400. The number of rotatable bonds is 3. The van der Waals surface area contributed by atoms with Gasteiger partial charge in [-0.25, -0.2) is 0 Å². The van der Waals surface area contributed by atoms with E-state index >= 15 is 0 Å². The number of anilines is 1. The third-order valence-corrected chi connectivity index (χ3v) is 3.83. The van der Waals surface area contributed by atoms with Crippen LogP contribution in [-0.2, 0) is 4.74 Å². The minimum Gasteiger partial charge on any atom is -0.399 e. The zero-order valence-electron chi connectivity index (χ0n) is 11.5. The van der Waals surface area contributed by atoms with Gasteiger partial charge in [0.25, 0.3) is 5.91 Å². The first kappa shape index (κ1) is 13.0. The van der Waals surface area contributed by atoms with Crippen LogP contribution in [0.2, 0.25) is 0 Å². The van der Waals surface area contributed by atoms with Gasteiger partial charge in [0, 0.05) is 29.4 Å². The summed E-state index contributed by atoms with van der Waals surface area (Å²) in [7, 11) is 0. The molecular weight excluding hydrogens is 254 g/mol. The molecule has 0 saturated carbocycles. The third kappa shape index (κ3) is 2.36. The molecule has 1 aromatic carbocycles. The molecule has 0 radical (unpaired) electrons. The summed E-state index contributed by atoms with van der Waals surface area (Å²) in [5, 5.41) is 3.86. The highest BCUT2D eigenvalue weighted by molar-refractivity contribution is 6.07. The Hall–Kier alpha value is -2.01. The predicted molar refractivity (Wildman–Crippen MR) is 78.6 cm³/mol. The summed E-state index contributed by atoms with van der Waals surface area (Å²) in [5.74, 6) is -0.0927. The standard InChI is InChI=1S/C15H19N3O2/c1-9(14-3-2-6-20-14)18-15(19)12-8-17-13-5-4-10(16)7-11(12)13/h4-5,7-9,14,17H,2-3,6,16H2,1H3,(H,18,19). The van der Waals surface area contributed by atoms with E-state index in [1.54, 1.807) is 6.20 Å². The van der Waals surface area contributed by atoms with Gasteiger partial charge in [-0.1, -0.05) is 0 Å². The van der Waals surface area contributed by atoms with E-state index in [4.69, 9.17) is 10.5 Å². The largest absolute Gasteiger partial charge is 0.399 e. The Labute approximate surface area is 117 Å². The molecule has 1 amide bonds. The van der Waals surface area contributed by atoms with Crippen molar-refractivity contribution in [2.75, 3.05) is 12.3 Å². The third-order valence-electron chi connectivity index (χ3n) is 3.83. The maximum Gasteiger partial charge on any atom is 0.253 e. The molecule has 1 aliphatic heterocycles. The van der Waals surface area contributed by atoms with E-state index in [-0.39, 0.29) is 18.1 Å². The number of aromatic amines is 1. The Morgan fingerprint density at radius 3 is 3.15 bits per heavy atom. The van der Waals surface area contributed by atoms with Crippen molar-refractivity contribution in [3.63, 3.8) is 0 Å². The van der Waals surface area contributed by atoms with Crippen LogP contribution in [-0.4, -0.2) is 29.6 Å². The number of nitrogen functional groups attached to an aromatic ring is 1. The zero-order chi connectivity index (χ0) is 14.1. The smallest absolute Gasteiger partial charge is 0.253 e. The van der Waals surface area contributed by atoms with Gasteiger partial charge < -0.3 is 20.8 Å². The molecule has 5 nitrogen and oxygen atoms in total. The van der Waals surface area contributed by atoms with Crippen molar-refractivity contribution in [2.24, 2.45) is 0 Å². The minimum atomic E-state index is -0.0927. The number of nitrogens with one attached hydrogen (secondary N) is 2. The number of ether oxygens (including phenoxy) is 1. The van der Waals surface area contributed by atoms with Gasteiger partial charge in [0.2, 0.25) is 0 Å². The summed E-state index contributed by atoms with van der Waals surface area (Å²) in [4.78, 5) is 15.5. The molecule has 2 unspecified atom stereocenters. The van der Waals surface area contributed by atoms with Crippen LogP contribution in [0.5, 0.6) is 0 Å². The number of amides is 1. The van der Waals surface area contributed by atoms with Crippen molar-refractivity contribution < 1.29 is 9.53 Å². The van der Waals surface area contributed by atoms with Crippen LogP contribution < -0.4 is 11.1 Å². The van der Waals surface area contributed by atoms with Crippen molar-refractivity contribution in [1.82, 2.24) is 10.3 Å². The van der Waals surface area contributed by atoms with E-state index in [1.807, 2.05) is 25.1 Å². The molecule has 1 saturated heterocycles. The van der Waals surface area contributed by atoms with E-state index in [2.05, 4.69) is 10.3 Å². The summed E-state index contributed by atoms with van der Waals surface area (Å²) < 4.78 is 5.60. The van der Waals surface area contributed by atoms with Crippen LogP contribution in [0.3, 0.4) is 0 Å². The van der Waals surface area contributed by atoms with Gasteiger partial charge in [-0.3, -0.25) is 4.79 Å². The first-order valence-corrected chi connectivity index (χ1v) is 6.94. The monoisotopic (exact) mass is 273 g/mol. The number of aromatic nitrogens is 1. The Morgan fingerprint density at radius 1 is 1.55 bits per heavy atom. The Bertz CT molecular complexity index is 629. The topological polar surface area (TPSA) is 80.1 Å². The quantitative estimate of drug-likeness (QED) is 0.749. The van der Waals surface area contributed by atoms with Crippen LogP contribution in [0.15, 0.2) is 24.4 Å². The van der Waals surface area contributed by atoms with E-state index in [1.165, 1.54) is 0 Å². The molecule has 3 rings (SSSR count). The molecule has 4 N–H and O–H groups in total. The maximum absolute atomic E-state index is 12.4. The lowest BCUT2D eigenvalue weighted by Gasteiger charge is -2.19. The average Bonchev–Trinajstić information content (AvgIpc) is 3.07. The maximum atomic E-state index is 12.4. The van der Waals surface area contributed by atoms with Gasteiger partial charge in [0.15, 0.2) is 0 Å². The Kier molecular flexibility index (Phi) is 3.36. The number of nitrogens with two attached hydrogens (primary N) is 1. The molecule has 0 bridgehead atoms. The molecule has 20 heavy (non-hydrogen) atoms. The van der Waals surface area contributed by atoms with Crippen molar-refractivity contribution in [2.45, 2.75) is 31.9 Å². The Balaban J connectivity index is 1.79. The second kappa shape index (κ2) is 5.17. The van der Waals surface area contributed by atoms with E-state index < -0.39 is 0 Å². The average molecular weight is 273 g/mol. The van der Waals surface area contributed by atoms with Gasteiger partial charge in [-0.15, -0.1) is 0 Å². The SMILES string of the molecule is CC(NC(=O)c1c[nH]c2ccc(N)cc12)C1CCCO1. The summed E-state index contributed by atoms with van der Waals surface area (Å²) in [6, 6.07) is 5.52. The molecule has 5 heteroatoms. The number of hydrogen-bond acceptors (Lipinski definition) is 3. The minimum absolute atomic E-state index is 0.0102. The van der Waals surface area contributed by atoms with Gasteiger partial charge in [0.05, 0.1) is 17.7 Å². The second-order valence-electron chi connectivity index (χ2n) is 5.32. The van der Waals surface area contributed by atoms with Gasteiger partial charge in [-0.05, 0) is 38.0 Å². The van der Waals surface area contributed by atoms with Gasteiger partial charge in [-0.2, -0.15) is 0 Å². The fourth-order valence-electron chi connectivity index (χ4n) is 2.70. The van der Waals surface area contributed by atoms with E-state index in [0.29, 0.717) is 11.3 Å². The van der Waals surface area contributed by atoms with E-state index in [0.717, 1.165) is 30.4 Å². The highest BCUT2D eigenvalue weighted by Crippen LogP contribution is 2.22. The second-order valence-corrected chi connectivity index (χ2v) is 5.32. The summed E-state index contributed by atoms with van der Waals surface area (Å²) in [6.45, 7) is 2.77. The summed E-state index contributed by atoms with van der Waals surface area (Å²) in [6.07, 6.45) is 3.91. The van der Waals surface area contributed by atoms with Crippen molar-refractivity contribution >= 4 is 22.5 Å². The molecule has 1 fully saturated rings. The number of carbonyl (C=O) groups excluding carboxylic acids is 1. The number of benzene rings is 1. The number of carbonyl (C=O) groups is 1. The van der Waals surface area contributed by atoms with Crippen molar-refractivity contribution in [1.29, 1.82) is 0 Å². The van der Waals surface area contributed by atoms with Gasteiger partial charge in [0.1, 0.15) is 0 Å². The first-order chi connectivity index (χ1) is 9.65. The summed E-state index contributed by atoms with van der Waals surface area (Å²) in [5.41, 5.74) is 7.97. The fourth-order valence-corrected chi connectivity index (χ4v) is 2.70. The van der Waals surface area contributed by atoms with Crippen LogP contribution in [0.4, 0.5) is 5.69 Å². The number of H-pyrrole nitrogens is 1. The molecule has 106 valence electrons. The van der Waals surface area contributed by atoms with Crippen LogP contribution in [0.25, 0.3) is 10.9 Å². The normalized spacial score (nSPS) is 20.1. The van der Waals surface area contributed by atoms with Crippen LogP contribution in [0.1, 0.15) is 30.1 Å². The molecular formula is C15H19N3O2. The highest BCUT2D eigenvalue weighted by atomic mass is 16.5. The predicted octanol–water partition coefficient (Wildman–Crippen LogP) is 2.05. The summed E-state index contributed by atoms with van der Waals surface area (Å²) >= 11 is 0. The molecule has 0 spiro atoms. The first-order valence-electron chi connectivity index (χ1n) is 6.94. The highest BCUT2D eigenvalue weighted by Gasteiger charge is 2.24. The molecule has 2 heterocycles. The van der Waals surface area contributed by atoms with E-state index in [9.17, 15) is 4.79 Å².